The van der Waals surface area contributed by atoms with Crippen LogP contribution in [0.4, 0.5) is 8.78 Å². The lowest BCUT2D eigenvalue weighted by molar-refractivity contribution is 0.0595. The van der Waals surface area contributed by atoms with Crippen molar-refractivity contribution in [3.05, 3.63) is 80.0 Å². The molecule has 0 atom stereocenters. The van der Waals surface area contributed by atoms with Gasteiger partial charge in [-0.3, -0.25) is 14.3 Å². The highest BCUT2D eigenvalue weighted by atomic mass is 19.1. The topological polar surface area (TPSA) is 81.2 Å². The van der Waals surface area contributed by atoms with Gasteiger partial charge in [-0.1, -0.05) is 12.1 Å². The zero-order valence-corrected chi connectivity index (χ0v) is 13.0. The van der Waals surface area contributed by atoms with E-state index in [4.69, 9.17) is 0 Å². The molecule has 0 aliphatic heterocycles. The highest BCUT2D eigenvalue weighted by Crippen LogP contribution is 2.16. The highest BCUT2D eigenvalue weighted by Gasteiger charge is 2.15. The molecular formula is C17H12F2N2O4. The van der Waals surface area contributed by atoms with Crippen molar-refractivity contribution in [3.63, 3.8) is 0 Å². The molecule has 0 fully saturated rings. The van der Waals surface area contributed by atoms with Gasteiger partial charge in [0.1, 0.15) is 11.6 Å². The number of nitrogens with one attached hydrogen (secondary N) is 1. The first kappa shape index (κ1) is 16.6. The minimum atomic E-state index is -0.857. The molecule has 25 heavy (non-hydrogen) atoms. The van der Waals surface area contributed by atoms with Crippen LogP contribution in [0.5, 0.6) is 0 Å². The molecule has 128 valence electrons. The lowest BCUT2D eigenvalue weighted by Gasteiger charge is -2.11. The molecule has 0 unspecified atom stereocenters. The molecule has 0 saturated heterocycles. The molecule has 2 aromatic carbocycles. The number of carbonyl (C=O) groups is 1. The molecule has 3 rings (SSSR count). The Kier molecular flexibility index (Phi) is 4.18. The largest absolute Gasteiger partial charge is 0.465 e. The van der Waals surface area contributed by atoms with E-state index in [9.17, 15) is 23.2 Å². The van der Waals surface area contributed by atoms with E-state index in [1.807, 2.05) is 4.98 Å². The van der Waals surface area contributed by atoms with Gasteiger partial charge in [0.15, 0.2) is 0 Å². The number of fused-ring (bicyclic) bond motifs is 1. The van der Waals surface area contributed by atoms with E-state index in [0.717, 1.165) is 23.8 Å². The van der Waals surface area contributed by atoms with Gasteiger partial charge in [0, 0.05) is 0 Å². The fourth-order valence-electron chi connectivity index (χ4n) is 2.58. The van der Waals surface area contributed by atoms with Gasteiger partial charge in [-0.05, 0) is 29.8 Å². The maximum absolute atomic E-state index is 13.9. The van der Waals surface area contributed by atoms with Gasteiger partial charge in [-0.2, -0.15) is 0 Å². The first-order chi connectivity index (χ1) is 11.9. The Balaban J connectivity index is 2.17. The number of aromatic nitrogens is 2. The Hall–Kier alpha value is -3.29. The van der Waals surface area contributed by atoms with E-state index >= 15 is 0 Å². The average molecular weight is 346 g/mol. The molecule has 1 N–H and O–H groups in total. The van der Waals surface area contributed by atoms with Crippen molar-refractivity contribution in [1.29, 1.82) is 0 Å². The number of esters is 1. The SMILES string of the molecule is COC(=O)c1cc(Cn2c(=O)[nH]c(=O)c3c(F)cccc32)ccc1F. The summed E-state index contributed by atoms with van der Waals surface area (Å²) < 4.78 is 33.3. The second-order valence-corrected chi connectivity index (χ2v) is 5.29. The number of carbonyl (C=O) groups excluding carboxylic acids is 1. The number of nitrogens with zero attached hydrogens (tertiary/aromatic N) is 1. The second-order valence-electron chi connectivity index (χ2n) is 5.29. The average Bonchev–Trinajstić information content (AvgIpc) is 2.59. The summed E-state index contributed by atoms with van der Waals surface area (Å²) in [5.74, 6) is -2.38. The zero-order chi connectivity index (χ0) is 18.1. The number of benzene rings is 2. The summed E-state index contributed by atoms with van der Waals surface area (Å²) in [7, 11) is 1.12. The predicted molar refractivity (Wildman–Crippen MR) is 85.6 cm³/mol. The number of H-pyrrole nitrogens is 1. The van der Waals surface area contributed by atoms with E-state index in [0.29, 0.717) is 5.56 Å². The Morgan fingerprint density at radius 3 is 2.64 bits per heavy atom. The molecule has 1 aromatic heterocycles. The smallest absolute Gasteiger partial charge is 0.340 e. The summed E-state index contributed by atoms with van der Waals surface area (Å²) >= 11 is 0. The highest BCUT2D eigenvalue weighted by molar-refractivity contribution is 5.89. The maximum atomic E-state index is 13.9. The van der Waals surface area contributed by atoms with Crippen molar-refractivity contribution in [2.75, 3.05) is 7.11 Å². The van der Waals surface area contributed by atoms with Gasteiger partial charge in [0.05, 0.1) is 30.1 Å². The van der Waals surface area contributed by atoms with E-state index < -0.39 is 28.9 Å². The summed E-state index contributed by atoms with van der Waals surface area (Å²) in [4.78, 5) is 37.6. The number of rotatable bonds is 3. The molecule has 1 heterocycles. The molecule has 0 radical (unpaired) electrons. The van der Waals surface area contributed by atoms with Crippen molar-refractivity contribution < 1.29 is 18.3 Å². The van der Waals surface area contributed by atoms with Crippen LogP contribution < -0.4 is 11.2 Å². The fraction of sp³-hybridized carbons (Fsp3) is 0.118. The third-order valence-electron chi connectivity index (χ3n) is 3.75. The van der Waals surface area contributed by atoms with Gasteiger partial charge in [-0.25, -0.2) is 18.4 Å². The molecule has 0 bridgehead atoms. The molecule has 0 spiro atoms. The van der Waals surface area contributed by atoms with Crippen LogP contribution in [0.1, 0.15) is 15.9 Å². The number of methoxy groups -OCH3 is 1. The van der Waals surface area contributed by atoms with Crippen LogP contribution in [0.15, 0.2) is 46.0 Å². The van der Waals surface area contributed by atoms with Crippen molar-refractivity contribution >= 4 is 16.9 Å². The quantitative estimate of drug-likeness (QED) is 0.734. The molecule has 0 aliphatic rings. The Morgan fingerprint density at radius 2 is 1.92 bits per heavy atom. The Labute approximate surface area is 139 Å². The van der Waals surface area contributed by atoms with Gasteiger partial charge in [-0.15, -0.1) is 0 Å². The van der Waals surface area contributed by atoms with Gasteiger partial charge >= 0.3 is 11.7 Å². The first-order valence-corrected chi connectivity index (χ1v) is 7.20. The van der Waals surface area contributed by atoms with Crippen LogP contribution in [-0.4, -0.2) is 22.6 Å². The van der Waals surface area contributed by atoms with Gasteiger partial charge in [0.2, 0.25) is 0 Å². The van der Waals surface area contributed by atoms with Crippen LogP contribution in [0.2, 0.25) is 0 Å². The monoisotopic (exact) mass is 346 g/mol. The lowest BCUT2D eigenvalue weighted by atomic mass is 10.1. The summed E-state index contributed by atoms with van der Waals surface area (Å²) in [6.45, 7) is -0.0974. The first-order valence-electron chi connectivity index (χ1n) is 7.20. The van der Waals surface area contributed by atoms with E-state index in [1.54, 1.807) is 0 Å². The summed E-state index contributed by atoms with van der Waals surface area (Å²) in [5, 5.41) is -0.252. The Morgan fingerprint density at radius 1 is 1.16 bits per heavy atom. The van der Waals surface area contributed by atoms with E-state index in [2.05, 4.69) is 4.74 Å². The van der Waals surface area contributed by atoms with Crippen molar-refractivity contribution in [1.82, 2.24) is 9.55 Å². The zero-order valence-electron chi connectivity index (χ0n) is 13.0. The van der Waals surface area contributed by atoms with Crippen molar-refractivity contribution in [2.24, 2.45) is 0 Å². The minimum absolute atomic E-state index is 0.0951. The number of ether oxygens (including phenoxy) is 1. The van der Waals surface area contributed by atoms with Crippen LogP contribution in [0.3, 0.4) is 0 Å². The molecule has 0 aliphatic carbocycles. The van der Waals surface area contributed by atoms with Crippen LogP contribution >= 0.6 is 0 Å². The predicted octanol–water partition coefficient (Wildman–Crippen LogP) is 1.80. The molecule has 0 saturated carbocycles. The van der Waals surface area contributed by atoms with Gasteiger partial charge < -0.3 is 4.74 Å². The summed E-state index contributed by atoms with van der Waals surface area (Å²) in [5.41, 5.74) is -1.36. The molecule has 6 nitrogen and oxygen atoms in total. The van der Waals surface area contributed by atoms with Gasteiger partial charge in [0.25, 0.3) is 5.56 Å². The third-order valence-corrected chi connectivity index (χ3v) is 3.75. The third kappa shape index (κ3) is 2.93. The van der Waals surface area contributed by atoms with E-state index in [-0.39, 0.29) is 23.0 Å². The Bertz CT molecular complexity index is 1100. The molecule has 8 heteroatoms. The standard InChI is InChI=1S/C17H12F2N2O4/c1-25-16(23)10-7-9(5-6-11(10)18)8-21-13-4-2-3-12(19)14(13)15(22)20-17(21)24/h2-7H,8H2,1H3,(H,20,22,24). The molecule has 3 aromatic rings. The molecular weight excluding hydrogens is 334 g/mol. The van der Waals surface area contributed by atoms with Crippen LogP contribution in [0, 0.1) is 11.6 Å². The van der Waals surface area contributed by atoms with E-state index in [1.165, 1.54) is 24.3 Å². The lowest BCUT2D eigenvalue weighted by Crippen LogP contribution is -2.31. The number of aromatic amines is 1. The maximum Gasteiger partial charge on any atom is 0.340 e. The van der Waals surface area contributed by atoms with Crippen molar-refractivity contribution in [2.45, 2.75) is 6.54 Å². The number of hydrogen-bond acceptors (Lipinski definition) is 4. The summed E-state index contributed by atoms with van der Waals surface area (Å²) in [6, 6.07) is 7.60. The van der Waals surface area contributed by atoms with Crippen LogP contribution in [-0.2, 0) is 11.3 Å². The van der Waals surface area contributed by atoms with Crippen LogP contribution in [0.25, 0.3) is 10.9 Å². The number of hydrogen-bond donors (Lipinski definition) is 1. The second kappa shape index (κ2) is 6.31. The van der Waals surface area contributed by atoms with Crippen molar-refractivity contribution in [3.8, 4) is 0 Å². The fourth-order valence-corrected chi connectivity index (χ4v) is 2.58. The number of halogens is 2. The molecule has 0 amide bonds. The minimum Gasteiger partial charge on any atom is -0.465 e. The summed E-state index contributed by atoms with van der Waals surface area (Å²) in [6.07, 6.45) is 0. The normalized spacial score (nSPS) is 10.8.